The fourth-order valence-electron chi connectivity index (χ4n) is 3.50. The zero-order valence-corrected chi connectivity index (χ0v) is 18.8. The summed E-state index contributed by atoms with van der Waals surface area (Å²) in [5.41, 5.74) is 1.17. The van der Waals surface area contributed by atoms with Gasteiger partial charge in [0, 0.05) is 18.8 Å². The second-order valence-corrected chi connectivity index (χ2v) is 10.1. The van der Waals surface area contributed by atoms with Crippen LogP contribution in [0, 0.1) is 11.3 Å². The maximum Gasteiger partial charge on any atom is 0.262 e. The van der Waals surface area contributed by atoms with Crippen LogP contribution in [0.2, 0.25) is 5.02 Å². The number of hydrogen-bond donors (Lipinski definition) is 1. The van der Waals surface area contributed by atoms with Gasteiger partial charge in [-0.15, -0.1) is 0 Å². The number of morpholine rings is 1. The maximum absolute atomic E-state index is 12.7. The lowest BCUT2D eigenvalue weighted by atomic mass is 9.98. The van der Waals surface area contributed by atoms with Gasteiger partial charge < -0.3 is 14.8 Å². The molecule has 32 heavy (non-hydrogen) atoms. The molecule has 10 heteroatoms. The van der Waals surface area contributed by atoms with E-state index in [9.17, 15) is 18.5 Å². The molecule has 1 N–H and O–H groups in total. The first kappa shape index (κ1) is 22.6. The third-order valence-corrected chi connectivity index (χ3v) is 7.75. The Morgan fingerprint density at radius 3 is 2.47 bits per heavy atom. The van der Waals surface area contributed by atoms with E-state index >= 15 is 0 Å². The Morgan fingerprint density at radius 1 is 1.19 bits per heavy atom. The number of benzene rings is 2. The van der Waals surface area contributed by atoms with Crippen molar-refractivity contribution in [2.24, 2.45) is 0 Å². The van der Waals surface area contributed by atoms with Crippen molar-refractivity contribution in [1.29, 1.82) is 5.26 Å². The Hall–Kier alpha value is -2.64. The van der Waals surface area contributed by atoms with Crippen LogP contribution in [0.4, 0.5) is 5.69 Å². The molecular weight excluding hydrogens is 454 g/mol. The highest BCUT2D eigenvalue weighted by Gasteiger charge is 2.44. The van der Waals surface area contributed by atoms with E-state index in [1.807, 2.05) is 12.1 Å². The summed E-state index contributed by atoms with van der Waals surface area (Å²) >= 11 is 6.21. The normalized spacial score (nSPS) is 17.9. The number of carbonyl (C=O) groups excluding carboxylic acids is 1. The van der Waals surface area contributed by atoms with E-state index < -0.39 is 10.0 Å². The van der Waals surface area contributed by atoms with Crippen molar-refractivity contribution in [2.75, 3.05) is 38.2 Å². The van der Waals surface area contributed by atoms with E-state index in [4.69, 9.17) is 21.1 Å². The number of nitriles is 1. The first-order valence-corrected chi connectivity index (χ1v) is 12.0. The van der Waals surface area contributed by atoms with Crippen LogP contribution in [0.15, 0.2) is 47.4 Å². The zero-order valence-electron chi connectivity index (χ0n) is 17.2. The molecule has 1 amide bonds. The number of sulfonamides is 1. The van der Waals surface area contributed by atoms with Crippen molar-refractivity contribution in [3.05, 3.63) is 53.1 Å². The molecule has 2 fully saturated rings. The molecule has 4 rings (SSSR count). The van der Waals surface area contributed by atoms with Gasteiger partial charge >= 0.3 is 0 Å². The van der Waals surface area contributed by atoms with Gasteiger partial charge in [-0.05, 0) is 48.7 Å². The smallest absolute Gasteiger partial charge is 0.262 e. The van der Waals surface area contributed by atoms with Gasteiger partial charge in [-0.2, -0.15) is 9.57 Å². The molecule has 8 nitrogen and oxygen atoms in total. The fraction of sp³-hybridized carbons (Fsp3) is 0.364. The average Bonchev–Trinajstić information content (AvgIpc) is 3.60. The summed E-state index contributed by atoms with van der Waals surface area (Å²) in [6.07, 6.45) is 1.71. The van der Waals surface area contributed by atoms with Gasteiger partial charge in [0.05, 0.1) is 34.6 Å². The lowest BCUT2D eigenvalue weighted by Crippen LogP contribution is -2.40. The summed E-state index contributed by atoms with van der Waals surface area (Å²) in [4.78, 5) is 12.3. The standard InChI is InChI=1S/C22H22ClN3O5S/c23-19-13-18(32(28,29)26-9-11-30-12-10-26)5-6-20(19)31-14-21(27)25-17-3-1-16(2-4-17)22(15-24)7-8-22/h1-6,13H,7-12,14H2,(H,25,27). The summed E-state index contributed by atoms with van der Waals surface area (Å²) in [6, 6.07) is 13.7. The largest absolute Gasteiger partial charge is 0.482 e. The zero-order chi connectivity index (χ0) is 22.8. The van der Waals surface area contributed by atoms with Crippen LogP contribution in [0.3, 0.4) is 0 Å². The summed E-state index contributed by atoms with van der Waals surface area (Å²) in [5.74, 6) is -0.178. The maximum atomic E-state index is 12.7. The third kappa shape index (κ3) is 4.74. The number of anilines is 1. The molecule has 168 valence electrons. The third-order valence-electron chi connectivity index (χ3n) is 5.56. The number of ether oxygens (including phenoxy) is 2. The number of nitrogens with one attached hydrogen (secondary N) is 1. The number of hydrogen-bond acceptors (Lipinski definition) is 6. The molecule has 1 aliphatic heterocycles. The highest BCUT2D eigenvalue weighted by Crippen LogP contribution is 2.47. The molecule has 2 aliphatic rings. The van der Waals surface area contributed by atoms with Crippen molar-refractivity contribution >= 4 is 33.2 Å². The summed E-state index contributed by atoms with van der Waals surface area (Å²) < 4.78 is 37.5. The molecule has 1 aliphatic carbocycles. The summed E-state index contributed by atoms with van der Waals surface area (Å²) in [6.45, 7) is 0.989. The lowest BCUT2D eigenvalue weighted by molar-refractivity contribution is -0.118. The second-order valence-electron chi connectivity index (χ2n) is 7.72. The Balaban J connectivity index is 1.34. The van der Waals surface area contributed by atoms with Crippen LogP contribution in [0.1, 0.15) is 18.4 Å². The minimum Gasteiger partial charge on any atom is -0.482 e. The van der Waals surface area contributed by atoms with Crippen LogP contribution in [-0.2, 0) is 25.0 Å². The van der Waals surface area contributed by atoms with E-state index in [0.29, 0.717) is 18.9 Å². The molecule has 0 radical (unpaired) electrons. The monoisotopic (exact) mass is 475 g/mol. The van der Waals surface area contributed by atoms with Gasteiger partial charge in [0.25, 0.3) is 5.91 Å². The molecule has 0 atom stereocenters. The van der Waals surface area contributed by atoms with Crippen molar-refractivity contribution in [2.45, 2.75) is 23.2 Å². The van der Waals surface area contributed by atoms with Gasteiger partial charge in [-0.3, -0.25) is 4.79 Å². The van der Waals surface area contributed by atoms with E-state index in [1.54, 1.807) is 12.1 Å². The van der Waals surface area contributed by atoms with Gasteiger partial charge in [0.2, 0.25) is 10.0 Å². The number of carbonyl (C=O) groups is 1. The predicted molar refractivity (Wildman–Crippen MR) is 118 cm³/mol. The lowest BCUT2D eigenvalue weighted by Gasteiger charge is -2.26. The first-order chi connectivity index (χ1) is 15.3. The number of nitrogens with zero attached hydrogens (tertiary/aromatic N) is 2. The highest BCUT2D eigenvalue weighted by molar-refractivity contribution is 7.89. The topological polar surface area (TPSA) is 109 Å². The number of rotatable bonds is 7. The molecule has 2 aromatic rings. The predicted octanol–water partition coefficient (Wildman–Crippen LogP) is 2.93. The average molecular weight is 476 g/mol. The van der Waals surface area contributed by atoms with Gasteiger partial charge in [-0.1, -0.05) is 23.7 Å². The van der Waals surface area contributed by atoms with E-state index in [2.05, 4.69) is 11.4 Å². The molecule has 1 saturated carbocycles. The Kier molecular flexibility index (Phi) is 6.40. The Labute approximate surface area is 191 Å². The summed E-state index contributed by atoms with van der Waals surface area (Å²) in [5, 5.41) is 12.1. The van der Waals surface area contributed by atoms with Crippen molar-refractivity contribution in [3.8, 4) is 11.8 Å². The molecule has 0 unspecified atom stereocenters. The molecule has 0 aromatic heterocycles. The minimum atomic E-state index is -3.67. The van der Waals surface area contributed by atoms with Crippen molar-refractivity contribution in [3.63, 3.8) is 0 Å². The molecule has 0 bridgehead atoms. The van der Waals surface area contributed by atoms with Crippen LogP contribution in [0.5, 0.6) is 5.75 Å². The molecule has 1 saturated heterocycles. The van der Waals surface area contributed by atoms with E-state index in [-0.39, 0.29) is 46.7 Å². The number of halogens is 1. The summed E-state index contributed by atoms with van der Waals surface area (Å²) in [7, 11) is -3.67. The van der Waals surface area contributed by atoms with Gasteiger partial charge in [-0.25, -0.2) is 8.42 Å². The minimum absolute atomic E-state index is 0.0621. The molecule has 0 spiro atoms. The van der Waals surface area contributed by atoms with Gasteiger partial charge in [0.15, 0.2) is 6.61 Å². The van der Waals surface area contributed by atoms with Crippen LogP contribution in [0.25, 0.3) is 0 Å². The van der Waals surface area contributed by atoms with Crippen LogP contribution >= 0.6 is 11.6 Å². The molecular formula is C22H22ClN3O5S. The fourth-order valence-corrected chi connectivity index (χ4v) is 5.23. The quantitative estimate of drug-likeness (QED) is 0.659. The SMILES string of the molecule is N#CC1(c2ccc(NC(=O)COc3ccc(S(=O)(=O)N4CCOCC4)cc3Cl)cc2)CC1. The van der Waals surface area contributed by atoms with Crippen molar-refractivity contribution < 1.29 is 22.7 Å². The van der Waals surface area contributed by atoms with Crippen LogP contribution in [-0.4, -0.2) is 51.5 Å². The Morgan fingerprint density at radius 2 is 1.88 bits per heavy atom. The van der Waals surface area contributed by atoms with E-state index in [0.717, 1.165) is 18.4 Å². The first-order valence-electron chi connectivity index (χ1n) is 10.2. The van der Waals surface area contributed by atoms with Gasteiger partial charge in [0.1, 0.15) is 5.75 Å². The molecule has 2 aromatic carbocycles. The highest BCUT2D eigenvalue weighted by atomic mass is 35.5. The van der Waals surface area contributed by atoms with E-state index in [1.165, 1.54) is 22.5 Å². The second kappa shape index (κ2) is 9.08. The van der Waals surface area contributed by atoms with Crippen molar-refractivity contribution in [1.82, 2.24) is 4.31 Å². The number of amides is 1. The van der Waals surface area contributed by atoms with Crippen LogP contribution < -0.4 is 10.1 Å². The molecule has 1 heterocycles. The Bertz CT molecular complexity index is 1150.